The molecule has 162 valence electrons. The number of anilines is 1. The van der Waals surface area contributed by atoms with E-state index in [1.807, 2.05) is 24.8 Å². The van der Waals surface area contributed by atoms with E-state index in [2.05, 4.69) is 23.7 Å². The van der Waals surface area contributed by atoms with Gasteiger partial charge in [-0.05, 0) is 38.8 Å². The van der Waals surface area contributed by atoms with Crippen LogP contribution in [0.4, 0.5) is 10.2 Å². The van der Waals surface area contributed by atoms with E-state index in [1.165, 1.54) is 12.1 Å². The molecule has 1 aromatic heterocycles. The van der Waals surface area contributed by atoms with Crippen LogP contribution in [-0.4, -0.2) is 47.0 Å². The summed E-state index contributed by atoms with van der Waals surface area (Å²) in [4.78, 5) is 26.5. The van der Waals surface area contributed by atoms with E-state index >= 15 is 0 Å². The number of rotatable bonds is 7. The Morgan fingerprint density at radius 3 is 2.50 bits per heavy atom. The van der Waals surface area contributed by atoms with E-state index in [9.17, 15) is 9.18 Å². The first-order valence-corrected chi connectivity index (χ1v) is 11.1. The van der Waals surface area contributed by atoms with Crippen molar-refractivity contribution in [3.8, 4) is 11.4 Å². The Hall–Kier alpha value is -2.50. The van der Waals surface area contributed by atoms with E-state index in [0.717, 1.165) is 55.8 Å². The molecule has 2 heterocycles. The summed E-state index contributed by atoms with van der Waals surface area (Å²) in [5.41, 5.74) is 2.60. The Bertz CT molecular complexity index is 878. The average Bonchev–Trinajstić information content (AvgIpc) is 2.76. The van der Waals surface area contributed by atoms with Crippen molar-refractivity contribution in [2.45, 2.75) is 53.4 Å². The van der Waals surface area contributed by atoms with Gasteiger partial charge in [-0.2, -0.15) is 0 Å². The minimum atomic E-state index is -0.295. The van der Waals surface area contributed by atoms with Crippen LogP contribution in [-0.2, 0) is 4.79 Å². The number of carbonyl (C=O) groups excluding carboxylic acids is 1. The molecule has 0 N–H and O–H groups in total. The van der Waals surface area contributed by atoms with E-state index in [1.54, 1.807) is 6.07 Å². The highest BCUT2D eigenvalue weighted by molar-refractivity contribution is 5.79. The lowest BCUT2D eigenvalue weighted by Crippen LogP contribution is -2.50. The number of halogens is 1. The maximum Gasteiger partial charge on any atom is 0.225 e. The lowest BCUT2D eigenvalue weighted by atomic mass is 9.97. The highest BCUT2D eigenvalue weighted by atomic mass is 19.1. The van der Waals surface area contributed by atoms with Gasteiger partial charge in [-0.3, -0.25) is 4.79 Å². The number of hydrogen-bond acceptors (Lipinski definition) is 4. The number of amides is 1. The fourth-order valence-electron chi connectivity index (χ4n) is 4.03. The molecule has 0 spiro atoms. The molecular weight excluding hydrogens is 379 g/mol. The number of aryl methyl sites for hydroxylation is 1. The summed E-state index contributed by atoms with van der Waals surface area (Å²) in [6.07, 6.45) is 4.11. The lowest BCUT2D eigenvalue weighted by Gasteiger charge is -2.37. The van der Waals surface area contributed by atoms with Crippen LogP contribution in [0.2, 0.25) is 0 Å². The molecule has 0 saturated carbocycles. The van der Waals surface area contributed by atoms with Gasteiger partial charge in [0.25, 0.3) is 0 Å². The summed E-state index contributed by atoms with van der Waals surface area (Å²) in [6.45, 7) is 11.2. The zero-order chi connectivity index (χ0) is 21.7. The molecule has 1 saturated heterocycles. The van der Waals surface area contributed by atoms with Crippen LogP contribution in [0.25, 0.3) is 11.4 Å². The Kier molecular flexibility index (Phi) is 7.40. The fraction of sp³-hybridized carbons (Fsp3) is 0.542. The highest BCUT2D eigenvalue weighted by Gasteiger charge is 2.27. The maximum atomic E-state index is 13.7. The zero-order valence-electron chi connectivity index (χ0n) is 18.6. The van der Waals surface area contributed by atoms with Crippen molar-refractivity contribution in [1.82, 2.24) is 14.9 Å². The maximum absolute atomic E-state index is 13.7. The predicted octanol–water partition coefficient (Wildman–Crippen LogP) is 4.76. The largest absolute Gasteiger partial charge is 0.353 e. The van der Waals surface area contributed by atoms with Crippen molar-refractivity contribution in [2.24, 2.45) is 5.92 Å². The van der Waals surface area contributed by atoms with Gasteiger partial charge in [-0.25, -0.2) is 14.4 Å². The van der Waals surface area contributed by atoms with Gasteiger partial charge in [0.15, 0.2) is 5.82 Å². The number of aromatic nitrogens is 2. The minimum absolute atomic E-state index is 0.138. The van der Waals surface area contributed by atoms with Gasteiger partial charge in [0.2, 0.25) is 5.91 Å². The third kappa shape index (κ3) is 4.97. The summed E-state index contributed by atoms with van der Waals surface area (Å²) < 4.78 is 13.7. The molecule has 2 aromatic rings. The summed E-state index contributed by atoms with van der Waals surface area (Å²) in [5, 5.41) is 0. The normalized spacial score (nSPS) is 15.4. The van der Waals surface area contributed by atoms with Crippen molar-refractivity contribution < 1.29 is 9.18 Å². The molecule has 0 unspecified atom stereocenters. The summed E-state index contributed by atoms with van der Waals surface area (Å²) in [6, 6.07) is 6.39. The summed E-state index contributed by atoms with van der Waals surface area (Å²) in [7, 11) is 0. The van der Waals surface area contributed by atoms with Crippen molar-refractivity contribution in [3.05, 3.63) is 41.3 Å². The SMILES string of the molecule is CCCC[C@@H](CC)C(=O)N1CCN(c2nc(-c3cccc(F)c3)nc(C)c2C)CC1. The van der Waals surface area contributed by atoms with E-state index < -0.39 is 0 Å². The van der Waals surface area contributed by atoms with Crippen LogP contribution in [0, 0.1) is 25.6 Å². The van der Waals surface area contributed by atoms with E-state index in [-0.39, 0.29) is 11.7 Å². The fourth-order valence-corrected chi connectivity index (χ4v) is 4.03. The minimum Gasteiger partial charge on any atom is -0.353 e. The van der Waals surface area contributed by atoms with Gasteiger partial charge < -0.3 is 9.80 Å². The second-order valence-corrected chi connectivity index (χ2v) is 8.15. The van der Waals surface area contributed by atoms with Gasteiger partial charge in [0.1, 0.15) is 11.6 Å². The van der Waals surface area contributed by atoms with Crippen LogP contribution >= 0.6 is 0 Å². The molecule has 1 aliphatic heterocycles. The first-order valence-electron chi connectivity index (χ1n) is 11.1. The molecule has 0 bridgehead atoms. The summed E-state index contributed by atoms with van der Waals surface area (Å²) >= 11 is 0. The molecule has 1 aliphatic rings. The van der Waals surface area contributed by atoms with E-state index in [0.29, 0.717) is 30.4 Å². The van der Waals surface area contributed by atoms with Crippen LogP contribution in [0.5, 0.6) is 0 Å². The monoisotopic (exact) mass is 412 g/mol. The number of hydrogen-bond donors (Lipinski definition) is 0. The molecule has 6 heteroatoms. The molecular formula is C24H33FN4O. The Morgan fingerprint density at radius 1 is 1.13 bits per heavy atom. The first kappa shape index (κ1) is 22.2. The van der Waals surface area contributed by atoms with Crippen LogP contribution in [0.3, 0.4) is 0 Å². The van der Waals surface area contributed by atoms with Crippen molar-refractivity contribution in [3.63, 3.8) is 0 Å². The number of piperazine rings is 1. The van der Waals surface area contributed by atoms with Gasteiger partial charge >= 0.3 is 0 Å². The third-order valence-corrected chi connectivity index (χ3v) is 6.09. The predicted molar refractivity (Wildman–Crippen MR) is 119 cm³/mol. The van der Waals surface area contributed by atoms with Gasteiger partial charge in [0, 0.05) is 48.9 Å². The standard InChI is InChI=1S/C24H33FN4O/c1-5-7-9-19(6-2)24(30)29-14-12-28(13-15-29)23-17(3)18(4)26-22(27-23)20-10-8-11-21(25)16-20/h8,10-11,16,19H,5-7,9,12-15H2,1-4H3/t19-/m1/s1. The molecule has 1 atom stereocenters. The molecule has 1 amide bonds. The molecule has 1 aromatic carbocycles. The van der Waals surface area contributed by atoms with Crippen LogP contribution in [0.15, 0.2) is 24.3 Å². The smallest absolute Gasteiger partial charge is 0.225 e. The molecule has 30 heavy (non-hydrogen) atoms. The molecule has 3 rings (SSSR count). The Balaban J connectivity index is 1.74. The summed E-state index contributed by atoms with van der Waals surface area (Å²) in [5.74, 6) is 1.56. The van der Waals surface area contributed by atoms with Crippen molar-refractivity contribution in [1.29, 1.82) is 0 Å². The quantitative estimate of drug-likeness (QED) is 0.658. The molecule has 0 radical (unpaired) electrons. The number of nitrogens with zero attached hydrogens (tertiary/aromatic N) is 4. The van der Waals surface area contributed by atoms with Crippen LogP contribution in [0.1, 0.15) is 50.8 Å². The highest BCUT2D eigenvalue weighted by Crippen LogP contribution is 2.26. The molecule has 5 nitrogen and oxygen atoms in total. The number of carbonyl (C=O) groups is 1. The Labute approximate surface area is 179 Å². The van der Waals surface area contributed by atoms with Crippen LogP contribution < -0.4 is 4.90 Å². The third-order valence-electron chi connectivity index (χ3n) is 6.09. The zero-order valence-corrected chi connectivity index (χ0v) is 18.6. The topological polar surface area (TPSA) is 49.3 Å². The average molecular weight is 413 g/mol. The number of unbranched alkanes of at least 4 members (excludes halogenated alkanes) is 1. The Morgan fingerprint density at radius 2 is 1.87 bits per heavy atom. The molecule has 0 aliphatic carbocycles. The second-order valence-electron chi connectivity index (χ2n) is 8.15. The second kappa shape index (κ2) is 10.0. The van der Waals surface area contributed by atoms with Crippen molar-refractivity contribution >= 4 is 11.7 Å². The first-order chi connectivity index (χ1) is 14.4. The number of benzene rings is 1. The molecule has 1 fully saturated rings. The van der Waals surface area contributed by atoms with Gasteiger partial charge in [-0.15, -0.1) is 0 Å². The lowest BCUT2D eigenvalue weighted by molar-refractivity contribution is -0.136. The van der Waals surface area contributed by atoms with E-state index in [4.69, 9.17) is 4.98 Å². The van der Waals surface area contributed by atoms with Gasteiger partial charge in [0.05, 0.1) is 0 Å². The van der Waals surface area contributed by atoms with Crippen molar-refractivity contribution in [2.75, 3.05) is 31.1 Å². The van der Waals surface area contributed by atoms with Gasteiger partial charge in [-0.1, -0.05) is 38.8 Å².